The molecule has 0 aromatic heterocycles. The van der Waals surface area contributed by atoms with E-state index in [1.54, 1.807) is 0 Å². The lowest BCUT2D eigenvalue weighted by molar-refractivity contribution is 0.309. The third-order valence-corrected chi connectivity index (χ3v) is 8.20. The average molecular weight is 344 g/mol. The van der Waals surface area contributed by atoms with Crippen LogP contribution in [0.15, 0.2) is 88.2 Å². The molecule has 0 saturated carbocycles. The van der Waals surface area contributed by atoms with Crippen molar-refractivity contribution < 1.29 is 0 Å². The van der Waals surface area contributed by atoms with E-state index in [9.17, 15) is 0 Å². The molecule has 0 unspecified atom stereocenters. The van der Waals surface area contributed by atoms with Crippen LogP contribution in [0.5, 0.6) is 0 Å². The van der Waals surface area contributed by atoms with Crippen LogP contribution in [0, 0.1) is 0 Å². The Morgan fingerprint density at radius 3 is 0.792 bits per heavy atom. The highest BCUT2D eigenvalue weighted by Gasteiger charge is 2.47. The summed E-state index contributed by atoms with van der Waals surface area (Å²) in [5.41, 5.74) is 2.10. The van der Waals surface area contributed by atoms with Crippen molar-refractivity contribution >= 4 is 8.56 Å². The molecule has 4 heteroatoms. The second-order valence-electron chi connectivity index (χ2n) is 5.34. The molecule has 0 aliphatic rings. The van der Waals surface area contributed by atoms with E-state index in [2.05, 4.69) is 65.4 Å². The molecule has 0 aliphatic heterocycles. The summed E-state index contributed by atoms with van der Waals surface area (Å²) in [5.74, 6) is 0. The minimum Gasteiger partial charge on any atom is -0.289 e. The van der Waals surface area contributed by atoms with E-state index in [4.69, 9.17) is 0 Å². The molecule has 0 saturated heterocycles. The lowest BCUT2D eigenvalue weighted by Crippen LogP contribution is -2.74. The third kappa shape index (κ3) is 5.42. The maximum absolute atomic E-state index is 4.22. The van der Waals surface area contributed by atoms with Crippen LogP contribution in [-0.4, -0.2) is 61.5 Å². The van der Waals surface area contributed by atoms with Gasteiger partial charge >= 0.3 is 8.56 Å². The lowest BCUT2D eigenvalue weighted by atomic mass is 10.5. The molecule has 0 aromatic rings. The zero-order valence-corrected chi connectivity index (χ0v) is 16.1. The van der Waals surface area contributed by atoms with Gasteiger partial charge in [-0.3, -0.25) is 13.7 Å². The molecule has 0 amide bonds. The average Bonchev–Trinajstić information content (AvgIpc) is 2.57. The van der Waals surface area contributed by atoms with Crippen molar-refractivity contribution in [2.75, 3.05) is 39.3 Å². The summed E-state index contributed by atoms with van der Waals surface area (Å²) < 4.78 is 7.21. The van der Waals surface area contributed by atoms with Crippen LogP contribution < -0.4 is 0 Å². The third-order valence-electron chi connectivity index (χ3n) is 3.77. The molecular weight excluding hydrogens is 310 g/mol. The van der Waals surface area contributed by atoms with E-state index in [-0.39, 0.29) is 0 Å². The fourth-order valence-corrected chi connectivity index (χ4v) is 7.31. The molecule has 3 nitrogen and oxygen atoms in total. The Labute approximate surface area is 150 Å². The number of hydrogen-bond acceptors (Lipinski definition) is 3. The fraction of sp³-hybridized carbons (Fsp3) is 0.300. The predicted octanol–water partition coefficient (Wildman–Crippen LogP) is 3.67. The first-order chi connectivity index (χ1) is 11.6. The first kappa shape index (κ1) is 22.3. The van der Waals surface area contributed by atoms with E-state index < -0.39 is 8.56 Å². The quantitative estimate of drug-likeness (QED) is 0.313. The van der Waals surface area contributed by atoms with Gasteiger partial charge in [-0.25, -0.2) is 0 Å². The standard InChI is InChI=1S/C20H33N3Si/c1-8-15-21(16-9-2)24(14-7,22(17-10-3)18-11-4)23(19-12-5)20-13-6/h8-14H,1-7,15-20H2. The number of hydrogen-bond donors (Lipinski definition) is 0. The van der Waals surface area contributed by atoms with Gasteiger partial charge in [0.25, 0.3) is 0 Å². The predicted molar refractivity (Wildman–Crippen MR) is 112 cm³/mol. The molecular formula is C20H33N3Si. The Bertz CT molecular complexity index is 366. The van der Waals surface area contributed by atoms with Gasteiger partial charge in [-0.2, -0.15) is 0 Å². The summed E-state index contributed by atoms with van der Waals surface area (Å²) in [6, 6.07) is 0. The van der Waals surface area contributed by atoms with Crippen molar-refractivity contribution in [1.82, 2.24) is 13.7 Å². The molecule has 0 heterocycles. The second kappa shape index (κ2) is 12.7. The fourth-order valence-electron chi connectivity index (χ4n) is 2.95. The highest BCUT2D eigenvalue weighted by molar-refractivity contribution is 6.76. The maximum atomic E-state index is 4.22. The van der Waals surface area contributed by atoms with Crippen molar-refractivity contribution in [2.45, 2.75) is 0 Å². The summed E-state index contributed by atoms with van der Waals surface area (Å²) in [4.78, 5) is 0. The topological polar surface area (TPSA) is 9.72 Å². The van der Waals surface area contributed by atoms with Gasteiger partial charge in [-0.1, -0.05) is 42.2 Å². The minimum atomic E-state index is -2.45. The summed E-state index contributed by atoms with van der Waals surface area (Å²) in [6.07, 6.45) is 11.6. The largest absolute Gasteiger partial charge is 0.316 e. The molecule has 0 fully saturated rings. The van der Waals surface area contributed by atoms with Crippen molar-refractivity contribution in [3.63, 3.8) is 0 Å². The minimum absolute atomic E-state index is 0.750. The molecule has 0 radical (unpaired) electrons. The summed E-state index contributed by atoms with van der Waals surface area (Å²) in [7, 11) is -2.45. The highest BCUT2D eigenvalue weighted by atomic mass is 28.4. The second-order valence-corrected chi connectivity index (χ2v) is 9.02. The lowest BCUT2D eigenvalue weighted by Gasteiger charge is -2.51. The zero-order chi connectivity index (χ0) is 18.4. The summed E-state index contributed by atoms with van der Waals surface area (Å²) in [5, 5.41) is 0. The number of rotatable bonds is 16. The van der Waals surface area contributed by atoms with Gasteiger partial charge in [0.1, 0.15) is 0 Å². The Morgan fingerprint density at radius 2 is 0.667 bits per heavy atom. The summed E-state index contributed by atoms with van der Waals surface area (Å²) >= 11 is 0. The molecule has 132 valence electrons. The van der Waals surface area contributed by atoms with E-state index in [1.807, 2.05) is 36.5 Å². The Kier molecular flexibility index (Phi) is 11.8. The molecule has 0 atom stereocenters. The molecule has 0 aliphatic carbocycles. The van der Waals surface area contributed by atoms with Crippen LogP contribution in [0.2, 0.25) is 0 Å². The van der Waals surface area contributed by atoms with E-state index in [0.29, 0.717) is 0 Å². The number of nitrogens with zero attached hydrogens (tertiary/aromatic N) is 3. The van der Waals surface area contributed by atoms with E-state index in [0.717, 1.165) is 39.3 Å². The van der Waals surface area contributed by atoms with Crippen molar-refractivity contribution in [2.24, 2.45) is 0 Å². The van der Waals surface area contributed by atoms with Gasteiger partial charge in [0.15, 0.2) is 0 Å². The molecule has 0 spiro atoms. The molecule has 0 bridgehead atoms. The van der Waals surface area contributed by atoms with Gasteiger partial charge in [0.2, 0.25) is 0 Å². The van der Waals surface area contributed by atoms with Crippen molar-refractivity contribution in [3.8, 4) is 0 Å². The molecule has 0 aromatic carbocycles. The van der Waals surface area contributed by atoms with Gasteiger partial charge in [0.05, 0.1) is 0 Å². The molecule has 0 rings (SSSR count). The normalized spacial score (nSPS) is 11.3. The zero-order valence-electron chi connectivity index (χ0n) is 15.1. The van der Waals surface area contributed by atoms with Crippen molar-refractivity contribution in [1.29, 1.82) is 0 Å². The van der Waals surface area contributed by atoms with Crippen molar-refractivity contribution in [3.05, 3.63) is 88.2 Å². The summed E-state index contributed by atoms with van der Waals surface area (Å²) in [6.45, 7) is 32.3. The van der Waals surface area contributed by atoms with Crippen LogP contribution >= 0.6 is 0 Å². The van der Waals surface area contributed by atoms with Gasteiger partial charge < -0.3 is 0 Å². The van der Waals surface area contributed by atoms with Crippen LogP contribution in [0.1, 0.15) is 0 Å². The van der Waals surface area contributed by atoms with Gasteiger partial charge in [0, 0.05) is 39.3 Å². The first-order valence-corrected chi connectivity index (χ1v) is 10.1. The van der Waals surface area contributed by atoms with Crippen LogP contribution in [0.4, 0.5) is 0 Å². The van der Waals surface area contributed by atoms with Crippen LogP contribution in [-0.2, 0) is 0 Å². The van der Waals surface area contributed by atoms with Gasteiger partial charge in [-0.05, 0) is 0 Å². The highest BCUT2D eigenvalue weighted by Crippen LogP contribution is 2.23. The van der Waals surface area contributed by atoms with Crippen LogP contribution in [0.3, 0.4) is 0 Å². The smallest absolute Gasteiger partial charge is 0.289 e. The SMILES string of the molecule is C=CCN(CC=C)[Si](C=C)(N(CC=C)CC=C)N(CC=C)CC=C. The van der Waals surface area contributed by atoms with Gasteiger partial charge in [-0.15, -0.1) is 46.1 Å². The van der Waals surface area contributed by atoms with E-state index in [1.165, 1.54) is 0 Å². The van der Waals surface area contributed by atoms with E-state index >= 15 is 0 Å². The monoisotopic (exact) mass is 343 g/mol. The maximum Gasteiger partial charge on any atom is 0.316 e. The Balaban J connectivity index is 6.32. The Hall–Kier alpha value is -1.72. The Morgan fingerprint density at radius 1 is 0.458 bits per heavy atom. The van der Waals surface area contributed by atoms with Crippen LogP contribution in [0.25, 0.3) is 0 Å². The molecule has 0 N–H and O–H groups in total. The molecule has 24 heavy (non-hydrogen) atoms. The first-order valence-electron chi connectivity index (χ1n) is 8.16.